The maximum absolute atomic E-state index is 13.3. The second kappa shape index (κ2) is 7.56. The van der Waals surface area contributed by atoms with Crippen molar-refractivity contribution in [3.8, 4) is 6.07 Å². The number of hydrogen-bond donors (Lipinski definition) is 2. The Labute approximate surface area is 183 Å². The molecule has 31 heavy (non-hydrogen) atoms. The van der Waals surface area contributed by atoms with Gasteiger partial charge in [-0.3, -0.25) is 24.8 Å². The van der Waals surface area contributed by atoms with Gasteiger partial charge in [0, 0.05) is 25.0 Å². The van der Waals surface area contributed by atoms with Crippen molar-refractivity contribution in [3.05, 3.63) is 0 Å². The van der Waals surface area contributed by atoms with Crippen molar-refractivity contribution in [2.45, 2.75) is 81.4 Å². The summed E-state index contributed by atoms with van der Waals surface area (Å²) in [6.07, 6.45) is 8.25. The third-order valence-corrected chi connectivity index (χ3v) is 8.47. The molecule has 2 saturated heterocycles. The molecule has 2 unspecified atom stereocenters. The highest BCUT2D eigenvalue weighted by Crippen LogP contribution is 2.59. The highest BCUT2D eigenvalue weighted by Gasteiger charge is 2.59. The van der Waals surface area contributed by atoms with Crippen molar-refractivity contribution in [2.75, 3.05) is 26.2 Å². The SMILES string of the molecule is N#C[C@@H]1CCCN1C(=O)CN(CC(=O)N1CCCC1=N)C12CC3CC(CC(O)(C3)C1)C2. The smallest absolute Gasteiger partial charge is 0.242 e. The maximum Gasteiger partial charge on any atom is 0.242 e. The van der Waals surface area contributed by atoms with Gasteiger partial charge < -0.3 is 10.0 Å². The number of hydrogen-bond acceptors (Lipinski definition) is 6. The van der Waals surface area contributed by atoms with Gasteiger partial charge in [0.25, 0.3) is 0 Å². The molecule has 8 nitrogen and oxygen atoms in total. The summed E-state index contributed by atoms with van der Waals surface area (Å²) in [5, 5.41) is 28.8. The average Bonchev–Trinajstić information content (AvgIpc) is 3.34. The molecule has 2 N–H and O–H groups in total. The van der Waals surface area contributed by atoms with Gasteiger partial charge in [-0.25, -0.2) is 0 Å². The molecule has 0 radical (unpaired) electrons. The number of rotatable bonds is 5. The van der Waals surface area contributed by atoms with Crippen LogP contribution in [0.3, 0.4) is 0 Å². The topological polar surface area (TPSA) is 112 Å². The van der Waals surface area contributed by atoms with E-state index in [1.807, 2.05) is 4.90 Å². The number of nitrogens with one attached hydrogen (secondary N) is 1. The van der Waals surface area contributed by atoms with Crippen LogP contribution >= 0.6 is 0 Å². The van der Waals surface area contributed by atoms with Crippen LogP contribution in [-0.2, 0) is 9.59 Å². The standard InChI is InChI=1S/C23H33N5O3/c24-12-18-3-1-5-27(18)20(29)13-26(14-21(30)28-6-2-4-19(28)25)22-8-16-7-17(9-22)11-23(31,10-16)15-22/h16-18,25,31H,1-11,13-15H2/t16?,17?,18-,22?,23?/m0/s1. The zero-order valence-corrected chi connectivity index (χ0v) is 18.2. The summed E-state index contributed by atoms with van der Waals surface area (Å²) in [4.78, 5) is 31.7. The minimum absolute atomic E-state index is 0.0870. The van der Waals surface area contributed by atoms with Gasteiger partial charge in [0.1, 0.15) is 11.9 Å². The summed E-state index contributed by atoms with van der Waals surface area (Å²) < 4.78 is 0. The predicted octanol–water partition coefficient (Wildman–Crippen LogP) is 1.49. The molecule has 168 valence electrons. The quantitative estimate of drug-likeness (QED) is 0.690. The van der Waals surface area contributed by atoms with Crippen LogP contribution in [0, 0.1) is 28.6 Å². The van der Waals surface area contributed by atoms with Gasteiger partial charge in [0.05, 0.1) is 24.8 Å². The van der Waals surface area contributed by atoms with Gasteiger partial charge in [0.15, 0.2) is 0 Å². The summed E-state index contributed by atoms with van der Waals surface area (Å²) in [6.45, 7) is 1.39. The summed E-state index contributed by atoms with van der Waals surface area (Å²) >= 11 is 0. The van der Waals surface area contributed by atoms with E-state index in [1.54, 1.807) is 9.80 Å². The first-order valence-electron chi connectivity index (χ1n) is 11.9. The number of likely N-dealkylation sites (tertiary alicyclic amines) is 2. The zero-order valence-electron chi connectivity index (χ0n) is 18.2. The van der Waals surface area contributed by atoms with Crippen molar-refractivity contribution in [3.63, 3.8) is 0 Å². The molecule has 2 aliphatic heterocycles. The number of amides is 2. The van der Waals surface area contributed by atoms with Crippen LogP contribution in [0.5, 0.6) is 0 Å². The van der Waals surface area contributed by atoms with E-state index in [9.17, 15) is 20.0 Å². The molecule has 4 saturated carbocycles. The van der Waals surface area contributed by atoms with Crippen LogP contribution in [0.4, 0.5) is 0 Å². The average molecular weight is 428 g/mol. The van der Waals surface area contributed by atoms with Gasteiger partial charge in [-0.1, -0.05) is 0 Å². The number of amidine groups is 1. The first-order chi connectivity index (χ1) is 14.8. The van der Waals surface area contributed by atoms with Crippen LogP contribution in [0.1, 0.15) is 64.2 Å². The number of nitrogens with zero attached hydrogens (tertiary/aromatic N) is 4. The summed E-state index contributed by atoms with van der Waals surface area (Å²) in [5.74, 6) is 1.06. The summed E-state index contributed by atoms with van der Waals surface area (Å²) in [6, 6.07) is 1.87. The van der Waals surface area contributed by atoms with Gasteiger partial charge in [0.2, 0.25) is 11.8 Å². The van der Waals surface area contributed by atoms with Crippen molar-refractivity contribution >= 4 is 17.6 Å². The molecule has 3 atom stereocenters. The fourth-order valence-electron chi connectivity index (χ4n) is 7.58. The molecule has 8 heteroatoms. The van der Waals surface area contributed by atoms with Gasteiger partial charge in [-0.15, -0.1) is 0 Å². The van der Waals surface area contributed by atoms with E-state index in [2.05, 4.69) is 6.07 Å². The third-order valence-electron chi connectivity index (χ3n) is 8.47. The highest BCUT2D eigenvalue weighted by atomic mass is 16.3. The van der Waals surface area contributed by atoms with Crippen LogP contribution in [0.25, 0.3) is 0 Å². The Morgan fingerprint density at radius 2 is 1.84 bits per heavy atom. The van der Waals surface area contributed by atoms with Crippen LogP contribution in [0.15, 0.2) is 0 Å². The van der Waals surface area contributed by atoms with E-state index in [4.69, 9.17) is 5.41 Å². The lowest BCUT2D eigenvalue weighted by atomic mass is 9.50. The van der Waals surface area contributed by atoms with Crippen molar-refractivity contribution < 1.29 is 14.7 Å². The lowest BCUT2D eigenvalue weighted by molar-refractivity contribution is -0.181. The number of carbonyl (C=O) groups is 2. The van der Waals surface area contributed by atoms with Crippen molar-refractivity contribution in [1.82, 2.24) is 14.7 Å². The molecule has 4 bridgehead atoms. The molecule has 6 fully saturated rings. The normalized spacial score (nSPS) is 38.9. The molecule has 6 aliphatic rings. The molecule has 0 aromatic carbocycles. The van der Waals surface area contributed by atoms with Crippen LogP contribution in [-0.4, -0.2) is 80.8 Å². The Balaban J connectivity index is 1.40. The Morgan fingerprint density at radius 1 is 1.13 bits per heavy atom. The summed E-state index contributed by atoms with van der Waals surface area (Å²) in [5.41, 5.74) is -1.02. The lowest BCUT2D eigenvalue weighted by Gasteiger charge is -2.63. The second-order valence-electron chi connectivity index (χ2n) is 10.7. The first kappa shape index (κ1) is 20.9. The molecule has 0 aromatic heterocycles. The molecule has 4 aliphatic carbocycles. The minimum Gasteiger partial charge on any atom is -0.390 e. The summed E-state index contributed by atoms with van der Waals surface area (Å²) in [7, 11) is 0. The number of carbonyl (C=O) groups excluding carboxylic acids is 2. The lowest BCUT2D eigenvalue weighted by Crippen LogP contribution is -2.67. The predicted molar refractivity (Wildman–Crippen MR) is 113 cm³/mol. The molecule has 0 aromatic rings. The minimum atomic E-state index is -0.683. The Hall–Kier alpha value is -1.98. The Bertz CT molecular complexity index is 822. The van der Waals surface area contributed by atoms with Crippen LogP contribution in [0.2, 0.25) is 0 Å². The van der Waals surface area contributed by atoms with Crippen LogP contribution < -0.4 is 0 Å². The van der Waals surface area contributed by atoms with Gasteiger partial charge in [-0.05, 0) is 69.6 Å². The molecule has 2 heterocycles. The first-order valence-corrected chi connectivity index (χ1v) is 11.9. The van der Waals surface area contributed by atoms with Crippen molar-refractivity contribution in [1.29, 1.82) is 10.7 Å². The van der Waals surface area contributed by atoms with E-state index in [0.29, 0.717) is 50.0 Å². The van der Waals surface area contributed by atoms with Gasteiger partial charge in [-0.2, -0.15) is 5.26 Å². The Kier molecular flexibility index (Phi) is 5.10. The van der Waals surface area contributed by atoms with E-state index in [1.165, 1.54) is 0 Å². The highest BCUT2D eigenvalue weighted by molar-refractivity contribution is 5.99. The molecule has 2 amide bonds. The van der Waals surface area contributed by atoms with Crippen molar-refractivity contribution in [2.24, 2.45) is 11.8 Å². The van der Waals surface area contributed by atoms with E-state index in [0.717, 1.165) is 44.9 Å². The van der Waals surface area contributed by atoms with Gasteiger partial charge >= 0.3 is 0 Å². The maximum atomic E-state index is 13.3. The second-order valence-corrected chi connectivity index (χ2v) is 10.7. The number of aliphatic hydroxyl groups is 1. The largest absolute Gasteiger partial charge is 0.390 e. The fourth-order valence-corrected chi connectivity index (χ4v) is 7.58. The number of nitriles is 1. The van der Waals surface area contributed by atoms with E-state index >= 15 is 0 Å². The molecule has 0 spiro atoms. The fraction of sp³-hybridized carbons (Fsp3) is 0.826. The van der Waals surface area contributed by atoms with E-state index < -0.39 is 5.60 Å². The van der Waals surface area contributed by atoms with E-state index in [-0.39, 0.29) is 36.5 Å². The molecular formula is C23H33N5O3. The Morgan fingerprint density at radius 3 is 2.45 bits per heavy atom. The zero-order chi connectivity index (χ0) is 21.8. The third kappa shape index (κ3) is 3.66. The molecule has 6 rings (SSSR count). The molecular weight excluding hydrogens is 394 g/mol. The monoisotopic (exact) mass is 427 g/mol.